The Bertz CT molecular complexity index is 593. The third-order valence-corrected chi connectivity index (χ3v) is 3.03. The van der Waals surface area contributed by atoms with E-state index in [2.05, 4.69) is 4.74 Å². The summed E-state index contributed by atoms with van der Waals surface area (Å²) in [6, 6.07) is 8.92. The lowest BCUT2D eigenvalue weighted by molar-refractivity contribution is 0.0601. The predicted octanol–water partition coefficient (Wildman–Crippen LogP) is 3.68. The van der Waals surface area contributed by atoms with Gasteiger partial charge >= 0.3 is 5.97 Å². The fourth-order valence-electron chi connectivity index (χ4n) is 1.78. The number of benzene rings is 2. The SMILES string of the molecule is CCOc1ccc2cc(C(=O)OC)ccc2c1Cl. The molecular weight excluding hydrogens is 252 g/mol. The molecule has 3 nitrogen and oxygen atoms in total. The van der Waals surface area contributed by atoms with Crippen molar-refractivity contribution < 1.29 is 14.3 Å². The Labute approximate surface area is 110 Å². The number of esters is 1. The van der Waals surface area contributed by atoms with Gasteiger partial charge in [0, 0.05) is 5.39 Å². The number of halogens is 1. The molecule has 0 bridgehead atoms. The summed E-state index contributed by atoms with van der Waals surface area (Å²) >= 11 is 6.24. The molecule has 0 N–H and O–H groups in total. The number of rotatable bonds is 3. The Morgan fingerprint density at radius 3 is 2.72 bits per heavy atom. The van der Waals surface area contributed by atoms with Crippen LogP contribution in [0.2, 0.25) is 5.02 Å². The quantitative estimate of drug-likeness (QED) is 0.794. The van der Waals surface area contributed by atoms with Crippen LogP contribution in [0.1, 0.15) is 17.3 Å². The summed E-state index contributed by atoms with van der Waals surface area (Å²) in [5, 5.41) is 2.30. The first-order valence-corrected chi connectivity index (χ1v) is 5.98. The number of carbonyl (C=O) groups excluding carboxylic acids is 1. The van der Waals surface area contributed by atoms with Gasteiger partial charge in [0.1, 0.15) is 5.75 Å². The lowest BCUT2D eigenvalue weighted by Crippen LogP contribution is -2.00. The zero-order valence-corrected chi connectivity index (χ0v) is 11.0. The highest BCUT2D eigenvalue weighted by atomic mass is 35.5. The van der Waals surface area contributed by atoms with Crippen LogP contribution in [0.4, 0.5) is 0 Å². The first-order chi connectivity index (χ1) is 8.67. The first kappa shape index (κ1) is 12.7. The van der Waals surface area contributed by atoms with Gasteiger partial charge in [-0.25, -0.2) is 4.79 Å². The van der Waals surface area contributed by atoms with Crippen molar-refractivity contribution in [2.24, 2.45) is 0 Å². The maximum Gasteiger partial charge on any atom is 0.337 e. The molecule has 0 aromatic heterocycles. The minimum Gasteiger partial charge on any atom is -0.492 e. The van der Waals surface area contributed by atoms with Gasteiger partial charge in [-0.2, -0.15) is 0 Å². The second kappa shape index (κ2) is 5.27. The van der Waals surface area contributed by atoms with E-state index < -0.39 is 0 Å². The van der Waals surface area contributed by atoms with Crippen LogP contribution in [0.3, 0.4) is 0 Å². The van der Waals surface area contributed by atoms with Crippen LogP contribution in [-0.4, -0.2) is 19.7 Å². The van der Waals surface area contributed by atoms with Gasteiger partial charge in [0.25, 0.3) is 0 Å². The Kier molecular flexibility index (Phi) is 3.72. The van der Waals surface area contributed by atoms with E-state index in [1.165, 1.54) is 7.11 Å². The molecule has 0 aliphatic rings. The molecule has 0 fully saturated rings. The summed E-state index contributed by atoms with van der Waals surface area (Å²) in [7, 11) is 1.36. The van der Waals surface area contributed by atoms with E-state index in [4.69, 9.17) is 16.3 Å². The standard InChI is InChI=1S/C14H13ClO3/c1-3-18-12-7-5-9-8-10(14(16)17-2)4-6-11(9)13(12)15/h4-8H,3H2,1-2H3. The molecule has 2 aromatic carbocycles. The van der Waals surface area contributed by atoms with Gasteiger partial charge in [0.05, 0.1) is 24.3 Å². The molecule has 0 spiro atoms. The van der Waals surface area contributed by atoms with Crippen molar-refractivity contribution >= 4 is 28.3 Å². The molecule has 94 valence electrons. The average molecular weight is 265 g/mol. The zero-order chi connectivity index (χ0) is 13.1. The van der Waals surface area contributed by atoms with Gasteiger partial charge < -0.3 is 9.47 Å². The molecule has 0 saturated heterocycles. The normalized spacial score (nSPS) is 10.4. The molecule has 2 rings (SSSR count). The maximum absolute atomic E-state index is 11.4. The van der Waals surface area contributed by atoms with E-state index in [1.807, 2.05) is 13.0 Å². The number of methoxy groups -OCH3 is 1. The Hall–Kier alpha value is -1.74. The van der Waals surface area contributed by atoms with Crippen molar-refractivity contribution in [3.8, 4) is 5.75 Å². The van der Waals surface area contributed by atoms with Gasteiger partial charge in [-0.1, -0.05) is 23.7 Å². The van der Waals surface area contributed by atoms with Gasteiger partial charge in [-0.05, 0) is 30.5 Å². The molecule has 0 aliphatic carbocycles. The van der Waals surface area contributed by atoms with Crippen LogP contribution in [-0.2, 0) is 4.74 Å². The summed E-state index contributed by atoms with van der Waals surface area (Å²) in [5.74, 6) is 0.291. The van der Waals surface area contributed by atoms with Crippen molar-refractivity contribution in [1.29, 1.82) is 0 Å². The molecule has 18 heavy (non-hydrogen) atoms. The van der Waals surface area contributed by atoms with Crippen molar-refractivity contribution in [1.82, 2.24) is 0 Å². The van der Waals surface area contributed by atoms with Gasteiger partial charge in [0.15, 0.2) is 0 Å². The summed E-state index contributed by atoms with van der Waals surface area (Å²) in [6.07, 6.45) is 0. The molecule has 0 amide bonds. The smallest absolute Gasteiger partial charge is 0.337 e. The first-order valence-electron chi connectivity index (χ1n) is 5.60. The number of hydrogen-bond acceptors (Lipinski definition) is 3. The van der Waals surface area contributed by atoms with Gasteiger partial charge in [-0.3, -0.25) is 0 Å². The Morgan fingerprint density at radius 2 is 2.06 bits per heavy atom. The molecule has 0 unspecified atom stereocenters. The predicted molar refractivity (Wildman–Crippen MR) is 71.5 cm³/mol. The highest BCUT2D eigenvalue weighted by Crippen LogP contribution is 2.33. The Balaban J connectivity index is 2.54. The van der Waals surface area contributed by atoms with E-state index in [0.29, 0.717) is 22.9 Å². The maximum atomic E-state index is 11.4. The van der Waals surface area contributed by atoms with Crippen molar-refractivity contribution in [3.05, 3.63) is 40.9 Å². The summed E-state index contributed by atoms with van der Waals surface area (Å²) in [4.78, 5) is 11.4. The Morgan fingerprint density at radius 1 is 1.28 bits per heavy atom. The number of carbonyl (C=O) groups is 1. The molecule has 0 heterocycles. The van der Waals surface area contributed by atoms with E-state index in [9.17, 15) is 4.79 Å². The van der Waals surface area contributed by atoms with Gasteiger partial charge in [-0.15, -0.1) is 0 Å². The molecular formula is C14H13ClO3. The van der Waals surface area contributed by atoms with Crippen molar-refractivity contribution in [2.45, 2.75) is 6.92 Å². The molecule has 2 aromatic rings. The van der Waals surface area contributed by atoms with Crippen LogP contribution >= 0.6 is 11.6 Å². The number of hydrogen-bond donors (Lipinski definition) is 0. The summed E-state index contributed by atoms with van der Waals surface area (Å²) in [6.45, 7) is 2.46. The number of ether oxygens (including phenoxy) is 2. The van der Waals surface area contributed by atoms with E-state index in [-0.39, 0.29) is 5.97 Å². The van der Waals surface area contributed by atoms with Crippen LogP contribution in [0.25, 0.3) is 10.8 Å². The van der Waals surface area contributed by atoms with E-state index >= 15 is 0 Å². The largest absolute Gasteiger partial charge is 0.492 e. The second-order valence-electron chi connectivity index (χ2n) is 3.74. The van der Waals surface area contributed by atoms with Crippen LogP contribution in [0.15, 0.2) is 30.3 Å². The minimum absolute atomic E-state index is 0.359. The summed E-state index contributed by atoms with van der Waals surface area (Å²) < 4.78 is 10.1. The highest BCUT2D eigenvalue weighted by Gasteiger charge is 2.10. The summed E-state index contributed by atoms with van der Waals surface area (Å²) in [5.41, 5.74) is 0.505. The molecule has 0 saturated carbocycles. The highest BCUT2D eigenvalue weighted by molar-refractivity contribution is 6.37. The second-order valence-corrected chi connectivity index (χ2v) is 4.12. The monoisotopic (exact) mass is 264 g/mol. The minimum atomic E-state index is -0.359. The number of fused-ring (bicyclic) bond motifs is 1. The van der Waals surface area contributed by atoms with Gasteiger partial charge in [0.2, 0.25) is 0 Å². The lowest BCUT2D eigenvalue weighted by Gasteiger charge is -2.09. The van der Waals surface area contributed by atoms with E-state index in [1.54, 1.807) is 24.3 Å². The molecule has 0 aliphatic heterocycles. The average Bonchev–Trinajstić information content (AvgIpc) is 2.41. The topological polar surface area (TPSA) is 35.5 Å². The van der Waals surface area contributed by atoms with Crippen molar-refractivity contribution in [3.63, 3.8) is 0 Å². The fourth-order valence-corrected chi connectivity index (χ4v) is 2.07. The molecule has 0 radical (unpaired) electrons. The lowest BCUT2D eigenvalue weighted by atomic mass is 10.1. The van der Waals surface area contributed by atoms with Crippen LogP contribution in [0.5, 0.6) is 5.75 Å². The fraction of sp³-hybridized carbons (Fsp3) is 0.214. The third-order valence-electron chi connectivity index (χ3n) is 2.64. The van der Waals surface area contributed by atoms with Crippen LogP contribution in [0, 0.1) is 0 Å². The zero-order valence-electron chi connectivity index (χ0n) is 10.2. The molecule has 4 heteroatoms. The molecule has 0 atom stereocenters. The van der Waals surface area contributed by atoms with Crippen molar-refractivity contribution in [2.75, 3.05) is 13.7 Å². The van der Waals surface area contributed by atoms with Crippen LogP contribution < -0.4 is 4.74 Å². The third kappa shape index (κ3) is 2.27. The van der Waals surface area contributed by atoms with E-state index in [0.717, 1.165) is 10.8 Å².